The summed E-state index contributed by atoms with van der Waals surface area (Å²) in [7, 11) is -2.42. The molecule has 0 aliphatic carbocycles. The van der Waals surface area contributed by atoms with Crippen molar-refractivity contribution in [2.75, 3.05) is 18.0 Å². The van der Waals surface area contributed by atoms with Crippen molar-refractivity contribution >= 4 is 43.8 Å². The first-order valence-electron chi connectivity index (χ1n) is 9.60. The largest absolute Gasteiger partial charge is 0.497 e. The molecule has 0 heterocycles. The van der Waals surface area contributed by atoms with E-state index in [2.05, 4.69) is 26.5 Å². The van der Waals surface area contributed by atoms with Crippen molar-refractivity contribution in [1.82, 2.24) is 5.43 Å². The van der Waals surface area contributed by atoms with Crippen LogP contribution < -0.4 is 14.5 Å². The molecule has 0 saturated carbocycles. The van der Waals surface area contributed by atoms with E-state index in [1.807, 2.05) is 6.92 Å². The Morgan fingerprint density at radius 3 is 2.44 bits per heavy atom. The van der Waals surface area contributed by atoms with Gasteiger partial charge in [0.25, 0.3) is 15.9 Å². The lowest BCUT2D eigenvalue weighted by molar-refractivity contribution is -0.119. The zero-order valence-electron chi connectivity index (χ0n) is 17.5. The molecule has 3 rings (SSSR count). The number of carbonyl (C=O) groups excluding carboxylic acids is 1. The number of anilines is 1. The molecule has 0 atom stereocenters. The molecule has 0 saturated heterocycles. The second-order valence-corrected chi connectivity index (χ2v) is 9.65. The van der Waals surface area contributed by atoms with E-state index < -0.39 is 22.5 Å². The van der Waals surface area contributed by atoms with Crippen LogP contribution in [0.1, 0.15) is 11.1 Å². The summed E-state index contributed by atoms with van der Waals surface area (Å²) in [5.41, 5.74) is 4.41. The number of nitrogens with one attached hydrogen (secondary N) is 1. The third-order valence-electron chi connectivity index (χ3n) is 4.51. The summed E-state index contributed by atoms with van der Waals surface area (Å²) >= 11 is 3.34. The Bertz CT molecular complexity index is 1210. The average molecular weight is 516 g/mol. The minimum Gasteiger partial charge on any atom is -0.497 e. The second kappa shape index (κ2) is 10.4. The van der Waals surface area contributed by atoms with Crippen molar-refractivity contribution in [2.45, 2.75) is 11.8 Å². The van der Waals surface area contributed by atoms with Crippen molar-refractivity contribution < 1.29 is 17.9 Å². The fourth-order valence-electron chi connectivity index (χ4n) is 2.83. The Labute approximate surface area is 195 Å². The van der Waals surface area contributed by atoms with Gasteiger partial charge in [0.05, 0.1) is 23.9 Å². The highest BCUT2D eigenvalue weighted by Crippen LogP contribution is 2.25. The summed E-state index contributed by atoms with van der Waals surface area (Å²) in [5, 5.41) is 3.94. The molecule has 0 spiro atoms. The van der Waals surface area contributed by atoms with Gasteiger partial charge < -0.3 is 4.74 Å². The van der Waals surface area contributed by atoms with Gasteiger partial charge >= 0.3 is 0 Å². The minimum absolute atomic E-state index is 0.0960. The number of hydrogen-bond acceptors (Lipinski definition) is 5. The Kier molecular flexibility index (Phi) is 7.66. The molecule has 0 fully saturated rings. The highest BCUT2D eigenvalue weighted by Gasteiger charge is 2.27. The van der Waals surface area contributed by atoms with Crippen molar-refractivity contribution in [3.63, 3.8) is 0 Å². The standard InChI is InChI=1S/C23H22BrN3O4S/c1-17-6-12-22(13-7-17)32(29,30)27(20-10-8-19(24)9-11-20)16-23(28)26-25-15-18-4-3-5-21(14-18)31-2/h3-15H,16H2,1-2H3,(H,26,28)/b25-15+. The first kappa shape index (κ1) is 23.5. The lowest BCUT2D eigenvalue weighted by atomic mass is 10.2. The highest BCUT2D eigenvalue weighted by molar-refractivity contribution is 9.10. The van der Waals surface area contributed by atoms with Crippen LogP contribution in [-0.4, -0.2) is 34.2 Å². The topological polar surface area (TPSA) is 88.1 Å². The highest BCUT2D eigenvalue weighted by atomic mass is 79.9. The van der Waals surface area contributed by atoms with Crippen LogP contribution in [0.15, 0.2) is 87.3 Å². The van der Waals surface area contributed by atoms with E-state index in [1.165, 1.54) is 18.3 Å². The maximum absolute atomic E-state index is 13.3. The van der Waals surface area contributed by atoms with Gasteiger partial charge in [-0.1, -0.05) is 45.8 Å². The number of halogens is 1. The van der Waals surface area contributed by atoms with Crippen LogP contribution in [0.3, 0.4) is 0 Å². The van der Waals surface area contributed by atoms with Gasteiger partial charge in [0.2, 0.25) is 0 Å². The zero-order valence-corrected chi connectivity index (χ0v) is 19.9. The van der Waals surface area contributed by atoms with Crippen LogP contribution in [0.4, 0.5) is 5.69 Å². The summed E-state index contributed by atoms with van der Waals surface area (Å²) in [4.78, 5) is 12.7. The molecule has 9 heteroatoms. The molecule has 3 aromatic carbocycles. The summed E-state index contributed by atoms with van der Waals surface area (Å²) in [6.45, 7) is 1.43. The van der Waals surface area contributed by atoms with Crippen LogP contribution in [0.2, 0.25) is 0 Å². The Balaban J connectivity index is 1.82. The van der Waals surface area contributed by atoms with Gasteiger partial charge in [0.1, 0.15) is 12.3 Å². The van der Waals surface area contributed by atoms with E-state index in [1.54, 1.807) is 67.8 Å². The van der Waals surface area contributed by atoms with Gasteiger partial charge in [0, 0.05) is 4.47 Å². The van der Waals surface area contributed by atoms with Gasteiger partial charge in [-0.05, 0) is 61.0 Å². The van der Waals surface area contributed by atoms with E-state index in [9.17, 15) is 13.2 Å². The molecule has 0 bridgehead atoms. The van der Waals surface area contributed by atoms with Crippen molar-refractivity contribution in [3.05, 3.63) is 88.4 Å². The maximum atomic E-state index is 13.3. The molecule has 0 radical (unpaired) electrons. The first-order valence-corrected chi connectivity index (χ1v) is 11.8. The van der Waals surface area contributed by atoms with Crippen LogP contribution in [0, 0.1) is 6.92 Å². The quantitative estimate of drug-likeness (QED) is 0.361. The van der Waals surface area contributed by atoms with Crippen LogP contribution in [-0.2, 0) is 14.8 Å². The molecule has 0 aromatic heterocycles. The number of carbonyl (C=O) groups is 1. The van der Waals surface area contributed by atoms with Gasteiger partial charge in [-0.15, -0.1) is 0 Å². The maximum Gasteiger partial charge on any atom is 0.264 e. The van der Waals surface area contributed by atoms with Crippen molar-refractivity contribution in [1.29, 1.82) is 0 Å². The lowest BCUT2D eigenvalue weighted by Gasteiger charge is -2.23. The third kappa shape index (κ3) is 5.95. The molecular formula is C23H22BrN3O4S. The van der Waals surface area contributed by atoms with E-state index in [0.29, 0.717) is 11.4 Å². The molecule has 32 heavy (non-hydrogen) atoms. The third-order valence-corrected chi connectivity index (χ3v) is 6.82. The van der Waals surface area contributed by atoms with Gasteiger partial charge in [-0.25, -0.2) is 13.8 Å². The molecule has 0 aliphatic rings. The molecule has 3 aromatic rings. The Hall–Kier alpha value is -3.17. The van der Waals surface area contributed by atoms with E-state index in [-0.39, 0.29) is 4.90 Å². The van der Waals surface area contributed by atoms with E-state index in [4.69, 9.17) is 4.74 Å². The van der Waals surface area contributed by atoms with Gasteiger partial charge in [-0.2, -0.15) is 5.10 Å². The number of amides is 1. The van der Waals surface area contributed by atoms with Gasteiger partial charge in [-0.3, -0.25) is 9.10 Å². The number of sulfonamides is 1. The zero-order chi connectivity index (χ0) is 23.1. The number of ether oxygens (including phenoxy) is 1. The second-order valence-electron chi connectivity index (χ2n) is 6.87. The number of methoxy groups -OCH3 is 1. The number of aryl methyl sites for hydroxylation is 1. The molecule has 0 aliphatic heterocycles. The normalized spacial score (nSPS) is 11.3. The smallest absolute Gasteiger partial charge is 0.264 e. The fourth-order valence-corrected chi connectivity index (χ4v) is 4.51. The Morgan fingerprint density at radius 1 is 1.09 bits per heavy atom. The first-order chi connectivity index (χ1) is 15.3. The number of hydrazone groups is 1. The molecule has 0 unspecified atom stereocenters. The summed E-state index contributed by atoms with van der Waals surface area (Å²) in [6, 6.07) is 20.3. The van der Waals surface area contributed by atoms with Crippen molar-refractivity contribution in [2.24, 2.45) is 5.10 Å². The number of benzene rings is 3. The number of rotatable bonds is 8. The predicted molar refractivity (Wildman–Crippen MR) is 129 cm³/mol. The minimum atomic E-state index is -3.98. The van der Waals surface area contributed by atoms with Crippen LogP contribution >= 0.6 is 15.9 Å². The van der Waals surface area contributed by atoms with E-state index >= 15 is 0 Å². The number of hydrogen-bond donors (Lipinski definition) is 1. The molecule has 7 nitrogen and oxygen atoms in total. The van der Waals surface area contributed by atoms with Crippen LogP contribution in [0.25, 0.3) is 0 Å². The molecule has 1 N–H and O–H groups in total. The summed E-state index contributed by atoms with van der Waals surface area (Å²) in [6.07, 6.45) is 1.46. The Morgan fingerprint density at radius 2 is 1.78 bits per heavy atom. The van der Waals surface area contributed by atoms with E-state index in [0.717, 1.165) is 19.9 Å². The summed E-state index contributed by atoms with van der Waals surface area (Å²) in [5.74, 6) is 0.0774. The lowest BCUT2D eigenvalue weighted by Crippen LogP contribution is -2.39. The SMILES string of the molecule is COc1cccc(/C=N/NC(=O)CN(c2ccc(Br)cc2)S(=O)(=O)c2ccc(C)cc2)c1. The fraction of sp³-hybridized carbons (Fsp3) is 0.130. The predicted octanol–water partition coefficient (Wildman–Crippen LogP) is 4.11. The summed E-state index contributed by atoms with van der Waals surface area (Å²) < 4.78 is 33.6. The molecule has 1 amide bonds. The van der Waals surface area contributed by atoms with Crippen LogP contribution in [0.5, 0.6) is 5.75 Å². The molecular weight excluding hydrogens is 494 g/mol. The van der Waals surface area contributed by atoms with Crippen molar-refractivity contribution in [3.8, 4) is 5.75 Å². The molecule has 166 valence electrons. The monoisotopic (exact) mass is 515 g/mol. The average Bonchev–Trinajstić information content (AvgIpc) is 2.78. The van der Waals surface area contributed by atoms with Gasteiger partial charge in [0.15, 0.2) is 0 Å². The number of nitrogens with zero attached hydrogens (tertiary/aromatic N) is 2.